The monoisotopic (exact) mass is 354 g/mol. The Kier molecular flexibility index (Phi) is 4.62. The Morgan fingerprint density at radius 3 is 2.42 bits per heavy atom. The molecule has 0 spiro atoms. The quantitative estimate of drug-likeness (QED) is 0.520. The molecular formula is C19H15FN2O4. The Hall–Kier alpha value is -3.35. The Bertz CT molecular complexity index is 1020. The molecule has 0 saturated carbocycles. The average molecular weight is 354 g/mol. The summed E-state index contributed by atoms with van der Waals surface area (Å²) in [6.07, 6.45) is 1.50. The topological polar surface area (TPSA) is 77.7 Å². The number of carbonyl (C=O) groups excluding carboxylic acids is 3. The van der Waals surface area contributed by atoms with Crippen molar-refractivity contribution in [1.29, 1.82) is 0 Å². The minimum atomic E-state index is -0.744. The molecule has 7 heteroatoms. The third-order valence-corrected chi connectivity index (χ3v) is 3.82. The molecular weight excluding hydrogens is 339 g/mol. The number of nitrogens with zero attached hydrogens (tertiary/aromatic N) is 2. The Morgan fingerprint density at radius 1 is 1.12 bits per heavy atom. The minimum absolute atomic E-state index is 0.000148. The molecule has 0 unspecified atom stereocenters. The zero-order valence-corrected chi connectivity index (χ0v) is 14.2. The Balaban J connectivity index is 2.21. The fourth-order valence-corrected chi connectivity index (χ4v) is 2.56. The van der Waals surface area contributed by atoms with Crippen LogP contribution in [0.1, 0.15) is 50.7 Å². The fourth-order valence-electron chi connectivity index (χ4n) is 2.56. The lowest BCUT2D eigenvalue weighted by molar-refractivity contribution is 0.0517. The van der Waals surface area contributed by atoms with Crippen molar-refractivity contribution in [3.05, 3.63) is 70.9 Å². The second kappa shape index (κ2) is 6.87. The van der Waals surface area contributed by atoms with Crippen molar-refractivity contribution in [3.63, 3.8) is 0 Å². The molecule has 132 valence electrons. The van der Waals surface area contributed by atoms with E-state index in [4.69, 9.17) is 4.74 Å². The van der Waals surface area contributed by atoms with Gasteiger partial charge >= 0.3 is 5.97 Å². The highest BCUT2D eigenvalue weighted by Gasteiger charge is 2.26. The van der Waals surface area contributed by atoms with E-state index in [0.29, 0.717) is 5.56 Å². The number of ketones is 2. The number of aromatic nitrogens is 2. The number of fused-ring (bicyclic) bond motifs is 1. The van der Waals surface area contributed by atoms with Crippen molar-refractivity contribution in [2.45, 2.75) is 13.8 Å². The van der Waals surface area contributed by atoms with E-state index in [1.807, 2.05) is 0 Å². The largest absolute Gasteiger partial charge is 0.461 e. The summed E-state index contributed by atoms with van der Waals surface area (Å²) >= 11 is 0. The number of hydrogen-bond acceptors (Lipinski definition) is 5. The van der Waals surface area contributed by atoms with E-state index >= 15 is 0 Å². The van der Waals surface area contributed by atoms with Gasteiger partial charge in [-0.2, -0.15) is 0 Å². The zero-order valence-electron chi connectivity index (χ0n) is 14.2. The smallest absolute Gasteiger partial charge is 0.359 e. The van der Waals surface area contributed by atoms with Crippen LogP contribution >= 0.6 is 0 Å². The maximum atomic E-state index is 13.1. The van der Waals surface area contributed by atoms with Crippen LogP contribution in [0.3, 0.4) is 0 Å². The maximum absolute atomic E-state index is 13.1. The standard InChI is InChI=1S/C19H15FN2O4/c1-3-26-19(25)16-17(18(24)12-4-6-14(20)7-5-12)22-9-8-13(11(2)23)10-15(22)21-16/h4-10H,3H2,1-2H3. The summed E-state index contributed by atoms with van der Waals surface area (Å²) in [4.78, 5) is 40.9. The van der Waals surface area contributed by atoms with Crippen LogP contribution in [0, 0.1) is 5.82 Å². The Labute approximate surface area is 148 Å². The first-order valence-corrected chi connectivity index (χ1v) is 7.92. The van der Waals surface area contributed by atoms with Gasteiger partial charge in [0, 0.05) is 17.3 Å². The van der Waals surface area contributed by atoms with Crippen molar-refractivity contribution in [2.24, 2.45) is 0 Å². The summed E-state index contributed by atoms with van der Waals surface area (Å²) in [6, 6.07) is 8.01. The first-order valence-electron chi connectivity index (χ1n) is 7.92. The highest BCUT2D eigenvalue weighted by Crippen LogP contribution is 2.20. The van der Waals surface area contributed by atoms with E-state index in [2.05, 4.69) is 4.98 Å². The first kappa shape index (κ1) is 17.5. The lowest BCUT2D eigenvalue weighted by Gasteiger charge is -2.05. The Morgan fingerprint density at radius 2 is 1.81 bits per heavy atom. The molecule has 0 amide bonds. The van der Waals surface area contributed by atoms with Crippen molar-refractivity contribution in [3.8, 4) is 0 Å². The van der Waals surface area contributed by atoms with Crippen molar-refractivity contribution < 1.29 is 23.5 Å². The van der Waals surface area contributed by atoms with Crippen molar-refractivity contribution >= 4 is 23.2 Å². The highest BCUT2D eigenvalue weighted by molar-refractivity contribution is 6.13. The van der Waals surface area contributed by atoms with Gasteiger partial charge in [-0.05, 0) is 50.2 Å². The number of esters is 1. The summed E-state index contributed by atoms with van der Waals surface area (Å²) in [6.45, 7) is 3.17. The number of hydrogen-bond donors (Lipinski definition) is 0. The van der Waals surface area contributed by atoms with Gasteiger partial charge in [0.15, 0.2) is 11.5 Å². The van der Waals surface area contributed by atoms with Crippen LogP contribution in [-0.4, -0.2) is 33.5 Å². The number of benzene rings is 1. The molecule has 0 aliphatic carbocycles. The van der Waals surface area contributed by atoms with Crippen LogP contribution in [0.15, 0.2) is 42.6 Å². The third-order valence-electron chi connectivity index (χ3n) is 3.82. The fraction of sp³-hybridized carbons (Fsp3) is 0.158. The number of halogens is 1. The summed E-state index contributed by atoms with van der Waals surface area (Å²) in [5.41, 5.74) is 0.723. The van der Waals surface area contributed by atoms with E-state index in [9.17, 15) is 18.8 Å². The summed E-state index contributed by atoms with van der Waals surface area (Å²) in [5.74, 6) is -1.89. The molecule has 0 saturated heterocycles. The first-order chi connectivity index (χ1) is 12.4. The molecule has 0 aliphatic rings. The van der Waals surface area contributed by atoms with Gasteiger partial charge < -0.3 is 4.74 Å². The summed E-state index contributed by atoms with van der Waals surface area (Å²) < 4.78 is 19.5. The van der Waals surface area contributed by atoms with E-state index in [0.717, 1.165) is 12.1 Å². The van der Waals surface area contributed by atoms with Crippen LogP contribution in [-0.2, 0) is 4.74 Å². The lowest BCUT2D eigenvalue weighted by Crippen LogP contribution is -2.14. The van der Waals surface area contributed by atoms with E-state index in [1.165, 1.54) is 41.8 Å². The second-order valence-electron chi connectivity index (χ2n) is 5.57. The van der Waals surface area contributed by atoms with Crippen LogP contribution in [0.4, 0.5) is 4.39 Å². The van der Waals surface area contributed by atoms with Crippen LogP contribution < -0.4 is 0 Å². The molecule has 3 rings (SSSR count). The minimum Gasteiger partial charge on any atom is -0.461 e. The number of pyridine rings is 1. The van der Waals surface area contributed by atoms with Crippen molar-refractivity contribution in [1.82, 2.24) is 9.38 Å². The van der Waals surface area contributed by atoms with Gasteiger partial charge in [0.05, 0.1) is 6.61 Å². The molecule has 0 N–H and O–H groups in total. The van der Waals surface area contributed by atoms with E-state index in [-0.39, 0.29) is 35.0 Å². The van der Waals surface area contributed by atoms with E-state index in [1.54, 1.807) is 6.92 Å². The SMILES string of the molecule is CCOC(=O)c1nc2cc(C(C)=O)ccn2c1C(=O)c1ccc(F)cc1. The molecule has 3 aromatic rings. The summed E-state index contributed by atoms with van der Waals surface area (Å²) in [7, 11) is 0. The van der Waals surface area contributed by atoms with Crippen molar-refractivity contribution in [2.75, 3.05) is 6.61 Å². The van der Waals surface area contributed by atoms with Gasteiger partial charge in [-0.15, -0.1) is 0 Å². The number of Topliss-reactive ketones (excluding diaryl/α,β-unsaturated/α-hetero) is 1. The number of rotatable bonds is 5. The predicted molar refractivity (Wildman–Crippen MR) is 91.0 cm³/mol. The van der Waals surface area contributed by atoms with Gasteiger partial charge in [-0.3, -0.25) is 14.0 Å². The normalized spacial score (nSPS) is 10.7. The van der Waals surface area contributed by atoms with Gasteiger partial charge in [0.1, 0.15) is 17.2 Å². The van der Waals surface area contributed by atoms with Gasteiger partial charge in [-0.1, -0.05) is 0 Å². The predicted octanol–water partition coefficient (Wildman–Crippen LogP) is 3.08. The third kappa shape index (κ3) is 3.11. The lowest BCUT2D eigenvalue weighted by atomic mass is 10.1. The maximum Gasteiger partial charge on any atom is 0.359 e. The number of imidazole rings is 1. The average Bonchev–Trinajstić information content (AvgIpc) is 3.00. The molecule has 1 aromatic carbocycles. The number of ether oxygens (including phenoxy) is 1. The van der Waals surface area contributed by atoms with Gasteiger partial charge in [0.2, 0.25) is 5.78 Å². The van der Waals surface area contributed by atoms with Crippen LogP contribution in [0.2, 0.25) is 0 Å². The van der Waals surface area contributed by atoms with Crippen LogP contribution in [0.5, 0.6) is 0 Å². The van der Waals surface area contributed by atoms with Crippen LogP contribution in [0.25, 0.3) is 5.65 Å². The molecule has 6 nitrogen and oxygen atoms in total. The molecule has 0 bridgehead atoms. The molecule has 0 fully saturated rings. The summed E-state index contributed by atoms with van der Waals surface area (Å²) in [5, 5.41) is 0. The highest BCUT2D eigenvalue weighted by atomic mass is 19.1. The molecule has 26 heavy (non-hydrogen) atoms. The van der Waals surface area contributed by atoms with Gasteiger partial charge in [-0.25, -0.2) is 14.2 Å². The second-order valence-corrected chi connectivity index (χ2v) is 5.57. The molecule has 0 radical (unpaired) electrons. The molecule has 2 aromatic heterocycles. The van der Waals surface area contributed by atoms with Gasteiger partial charge in [0.25, 0.3) is 0 Å². The zero-order chi connectivity index (χ0) is 18.8. The molecule has 2 heterocycles. The molecule has 0 atom stereocenters. The number of carbonyl (C=O) groups is 3. The molecule has 0 aliphatic heterocycles. The van der Waals surface area contributed by atoms with E-state index < -0.39 is 17.6 Å².